The molecule has 0 bridgehead atoms. The first-order valence-corrected chi connectivity index (χ1v) is 7.35. The summed E-state index contributed by atoms with van der Waals surface area (Å²) in [7, 11) is 1.59. The fourth-order valence-corrected chi connectivity index (χ4v) is 2.64. The summed E-state index contributed by atoms with van der Waals surface area (Å²) in [5, 5.41) is 5.95. The van der Waals surface area contributed by atoms with Crippen LogP contribution in [0.15, 0.2) is 4.99 Å². The Bertz CT molecular complexity index is 311. The van der Waals surface area contributed by atoms with Crippen LogP contribution < -0.4 is 10.6 Å². The van der Waals surface area contributed by atoms with E-state index in [1.54, 1.807) is 7.05 Å². The molecule has 0 unspecified atom stereocenters. The van der Waals surface area contributed by atoms with Gasteiger partial charge in [-0.25, -0.2) is 0 Å². The van der Waals surface area contributed by atoms with Gasteiger partial charge in [-0.05, 0) is 37.5 Å². The molecule has 126 valence electrons. The van der Waals surface area contributed by atoms with E-state index in [1.807, 2.05) is 0 Å². The van der Waals surface area contributed by atoms with Gasteiger partial charge >= 0.3 is 6.18 Å². The van der Waals surface area contributed by atoms with E-state index in [2.05, 4.69) is 29.5 Å². The van der Waals surface area contributed by atoms with Gasteiger partial charge in [0.25, 0.3) is 0 Å². The molecule has 1 rings (SSSR count). The van der Waals surface area contributed by atoms with Gasteiger partial charge in [-0.15, -0.1) is 24.0 Å². The summed E-state index contributed by atoms with van der Waals surface area (Å²) in [4.78, 5) is 3.98. The summed E-state index contributed by atoms with van der Waals surface area (Å²) in [6.45, 7) is 4.36. The first-order chi connectivity index (χ1) is 9.31. The highest BCUT2D eigenvalue weighted by Crippen LogP contribution is 2.29. The summed E-state index contributed by atoms with van der Waals surface area (Å²) < 4.78 is 36.3. The van der Waals surface area contributed by atoms with Gasteiger partial charge < -0.3 is 10.6 Å². The highest BCUT2D eigenvalue weighted by atomic mass is 127. The normalized spacial score (nSPS) is 23.7. The quantitative estimate of drug-likeness (QED) is 0.410. The van der Waals surface area contributed by atoms with E-state index in [0.717, 1.165) is 18.8 Å². The van der Waals surface area contributed by atoms with Crippen molar-refractivity contribution < 1.29 is 13.2 Å². The monoisotopic (exact) mass is 421 g/mol. The van der Waals surface area contributed by atoms with Gasteiger partial charge in [0.05, 0.1) is 6.42 Å². The van der Waals surface area contributed by atoms with Gasteiger partial charge in [-0.2, -0.15) is 13.2 Å². The topological polar surface area (TPSA) is 36.4 Å². The Morgan fingerprint density at radius 2 is 1.76 bits per heavy atom. The van der Waals surface area contributed by atoms with Gasteiger partial charge in [-0.1, -0.05) is 13.8 Å². The third-order valence-corrected chi connectivity index (χ3v) is 3.98. The second kappa shape index (κ2) is 9.74. The molecule has 7 heteroatoms. The number of rotatable bonds is 4. The molecular weight excluding hydrogens is 394 g/mol. The van der Waals surface area contributed by atoms with Crippen molar-refractivity contribution in [2.45, 2.75) is 58.2 Å². The minimum absolute atomic E-state index is 0. The molecule has 0 saturated heterocycles. The van der Waals surface area contributed by atoms with Crippen molar-refractivity contribution in [2.24, 2.45) is 16.8 Å². The van der Waals surface area contributed by atoms with Crippen LogP contribution in [0.2, 0.25) is 0 Å². The molecule has 1 saturated carbocycles. The first-order valence-electron chi connectivity index (χ1n) is 7.35. The predicted octanol–water partition coefficient (Wildman–Crippen LogP) is 3.94. The molecule has 1 fully saturated rings. The van der Waals surface area contributed by atoms with Crippen LogP contribution in [0.3, 0.4) is 0 Å². The average Bonchev–Trinajstić information content (AvgIpc) is 2.36. The molecule has 0 aromatic rings. The van der Waals surface area contributed by atoms with Crippen LogP contribution in [0.4, 0.5) is 13.2 Å². The van der Waals surface area contributed by atoms with Crippen LogP contribution in [0.1, 0.15) is 46.0 Å². The molecule has 0 amide bonds. The van der Waals surface area contributed by atoms with Crippen molar-refractivity contribution in [3.8, 4) is 0 Å². The Hall–Kier alpha value is -0.210. The van der Waals surface area contributed by atoms with Crippen LogP contribution >= 0.6 is 24.0 Å². The Labute approximate surface area is 142 Å². The van der Waals surface area contributed by atoms with E-state index in [9.17, 15) is 13.2 Å². The number of nitrogens with one attached hydrogen (secondary N) is 2. The van der Waals surface area contributed by atoms with Crippen molar-refractivity contribution >= 4 is 29.9 Å². The maximum atomic E-state index is 12.1. The van der Waals surface area contributed by atoms with Crippen LogP contribution in [0.5, 0.6) is 0 Å². The Kier molecular flexibility index (Phi) is 9.64. The average molecular weight is 421 g/mol. The molecule has 0 aliphatic heterocycles. The summed E-state index contributed by atoms with van der Waals surface area (Å²) in [6.07, 6.45) is -0.496. The largest absolute Gasteiger partial charge is 0.390 e. The van der Waals surface area contributed by atoms with E-state index in [1.165, 1.54) is 12.8 Å². The minimum atomic E-state index is -4.12. The third kappa shape index (κ3) is 8.73. The molecule has 0 aromatic carbocycles. The van der Waals surface area contributed by atoms with Gasteiger partial charge in [-0.3, -0.25) is 4.99 Å². The predicted molar refractivity (Wildman–Crippen MR) is 91.2 cm³/mol. The third-order valence-electron chi connectivity index (χ3n) is 3.98. The molecule has 0 aromatic heterocycles. The number of aliphatic imine (C=N–C) groups is 1. The summed E-state index contributed by atoms with van der Waals surface area (Å²) in [6, 6.07) is 0.321. The Morgan fingerprint density at radius 1 is 1.19 bits per heavy atom. The van der Waals surface area contributed by atoms with Crippen molar-refractivity contribution in [1.29, 1.82) is 0 Å². The van der Waals surface area contributed by atoms with Crippen molar-refractivity contribution in [3.63, 3.8) is 0 Å². The molecule has 0 atom stereocenters. The molecule has 1 aliphatic rings. The van der Waals surface area contributed by atoms with Crippen molar-refractivity contribution in [1.82, 2.24) is 10.6 Å². The highest BCUT2D eigenvalue weighted by molar-refractivity contribution is 14.0. The zero-order valence-electron chi connectivity index (χ0n) is 13.0. The fourth-order valence-electron chi connectivity index (χ4n) is 2.64. The Balaban J connectivity index is 0.00000400. The number of guanidine groups is 1. The second-order valence-corrected chi connectivity index (χ2v) is 5.86. The lowest BCUT2D eigenvalue weighted by atomic mass is 9.80. The molecule has 0 radical (unpaired) electrons. The standard InChI is InChI=1S/C14H26F3N3.HI/c1-10(2)11-4-6-12(7-5-11)20-13(18-3)19-9-8-14(15,16)17;/h10-12H,4-9H2,1-3H3,(H2,18,19,20);1H. The summed E-state index contributed by atoms with van der Waals surface area (Å²) >= 11 is 0. The van der Waals surface area contributed by atoms with Gasteiger partial charge in [0.15, 0.2) is 5.96 Å². The lowest BCUT2D eigenvalue weighted by Gasteiger charge is -2.32. The van der Waals surface area contributed by atoms with E-state index in [-0.39, 0.29) is 30.5 Å². The smallest absolute Gasteiger partial charge is 0.356 e. The SMILES string of the molecule is CN=C(NCCC(F)(F)F)NC1CCC(C(C)C)CC1.I. The van der Waals surface area contributed by atoms with Gasteiger partial charge in [0, 0.05) is 19.6 Å². The van der Waals surface area contributed by atoms with Gasteiger partial charge in [0.2, 0.25) is 0 Å². The van der Waals surface area contributed by atoms with E-state index in [4.69, 9.17) is 0 Å². The number of halogens is 4. The number of hydrogen-bond donors (Lipinski definition) is 2. The summed E-state index contributed by atoms with van der Waals surface area (Å²) in [5.74, 6) is 1.95. The molecular formula is C14H27F3IN3. The van der Waals surface area contributed by atoms with Crippen LogP contribution in [-0.4, -0.2) is 31.8 Å². The van der Waals surface area contributed by atoms with Crippen LogP contribution in [0.25, 0.3) is 0 Å². The Morgan fingerprint density at radius 3 is 2.19 bits per heavy atom. The maximum Gasteiger partial charge on any atom is 0.390 e. The molecule has 0 spiro atoms. The molecule has 1 aliphatic carbocycles. The lowest BCUT2D eigenvalue weighted by molar-refractivity contribution is -0.132. The zero-order chi connectivity index (χ0) is 15.2. The van der Waals surface area contributed by atoms with E-state index >= 15 is 0 Å². The highest BCUT2D eigenvalue weighted by Gasteiger charge is 2.27. The van der Waals surface area contributed by atoms with Crippen LogP contribution in [-0.2, 0) is 0 Å². The second-order valence-electron chi connectivity index (χ2n) is 5.86. The first kappa shape index (κ1) is 20.8. The van der Waals surface area contributed by atoms with Crippen molar-refractivity contribution in [2.75, 3.05) is 13.6 Å². The fraction of sp³-hybridized carbons (Fsp3) is 0.929. The van der Waals surface area contributed by atoms with Crippen LogP contribution in [0, 0.1) is 11.8 Å². The van der Waals surface area contributed by atoms with E-state index in [0.29, 0.717) is 17.9 Å². The molecule has 21 heavy (non-hydrogen) atoms. The number of nitrogens with zero attached hydrogens (tertiary/aromatic N) is 1. The lowest BCUT2D eigenvalue weighted by Crippen LogP contribution is -2.45. The van der Waals surface area contributed by atoms with Gasteiger partial charge in [0.1, 0.15) is 0 Å². The zero-order valence-corrected chi connectivity index (χ0v) is 15.3. The molecule has 2 N–H and O–H groups in total. The molecule has 0 heterocycles. The molecule has 3 nitrogen and oxygen atoms in total. The number of alkyl halides is 3. The number of hydrogen-bond acceptors (Lipinski definition) is 1. The van der Waals surface area contributed by atoms with E-state index < -0.39 is 12.6 Å². The minimum Gasteiger partial charge on any atom is -0.356 e. The summed E-state index contributed by atoms with van der Waals surface area (Å²) in [5.41, 5.74) is 0. The van der Waals surface area contributed by atoms with Crippen molar-refractivity contribution in [3.05, 3.63) is 0 Å². The maximum absolute atomic E-state index is 12.1.